The third-order valence-electron chi connectivity index (χ3n) is 4.58. The number of ether oxygens (including phenoxy) is 2. The fourth-order valence-electron chi connectivity index (χ4n) is 2.99. The minimum atomic E-state index is -0.517. The van der Waals surface area contributed by atoms with E-state index < -0.39 is 9.85 Å². The Labute approximate surface area is 193 Å². The van der Waals surface area contributed by atoms with E-state index in [1.165, 1.54) is 43.5 Å². The van der Waals surface area contributed by atoms with Crippen molar-refractivity contribution in [2.45, 2.75) is 6.61 Å². The van der Waals surface area contributed by atoms with Crippen LogP contribution in [0.1, 0.15) is 16.7 Å². The molecule has 0 atom stereocenters. The second-order valence-electron chi connectivity index (χ2n) is 6.72. The lowest BCUT2D eigenvalue weighted by atomic mass is 10.0. The maximum absolute atomic E-state index is 10.9. The molecule has 0 aromatic heterocycles. The molecule has 166 valence electrons. The number of allylic oxidation sites excluding steroid dienone is 1. The lowest BCUT2D eigenvalue weighted by Gasteiger charge is -2.13. The number of methoxy groups -OCH3 is 1. The van der Waals surface area contributed by atoms with Crippen LogP contribution >= 0.6 is 11.6 Å². The molecule has 0 bridgehead atoms. The van der Waals surface area contributed by atoms with Gasteiger partial charge in [0.1, 0.15) is 6.61 Å². The van der Waals surface area contributed by atoms with E-state index in [1.807, 2.05) is 0 Å². The first-order valence-electron chi connectivity index (χ1n) is 9.42. The van der Waals surface area contributed by atoms with Crippen LogP contribution in [0.15, 0.2) is 60.7 Å². The van der Waals surface area contributed by atoms with Gasteiger partial charge in [-0.05, 0) is 47.0 Å². The van der Waals surface area contributed by atoms with Crippen molar-refractivity contribution < 1.29 is 19.3 Å². The summed E-state index contributed by atoms with van der Waals surface area (Å²) in [5, 5.41) is 31.5. The van der Waals surface area contributed by atoms with Crippen molar-refractivity contribution in [2.24, 2.45) is 0 Å². The summed E-state index contributed by atoms with van der Waals surface area (Å²) < 4.78 is 11.1. The minimum Gasteiger partial charge on any atom is -0.493 e. The monoisotopic (exact) mass is 465 g/mol. The zero-order valence-corrected chi connectivity index (χ0v) is 18.0. The van der Waals surface area contributed by atoms with Crippen molar-refractivity contribution in [2.75, 3.05) is 7.11 Å². The number of nitro benzene ring substituents is 2. The van der Waals surface area contributed by atoms with E-state index >= 15 is 0 Å². The van der Waals surface area contributed by atoms with E-state index in [2.05, 4.69) is 6.07 Å². The van der Waals surface area contributed by atoms with Crippen molar-refractivity contribution in [3.8, 4) is 17.6 Å². The number of hydrogen-bond donors (Lipinski definition) is 0. The van der Waals surface area contributed by atoms with Crippen LogP contribution in [-0.2, 0) is 6.61 Å². The molecule has 0 aliphatic rings. The number of hydrogen-bond acceptors (Lipinski definition) is 7. The molecule has 3 aromatic carbocycles. The number of benzene rings is 3. The summed E-state index contributed by atoms with van der Waals surface area (Å²) in [4.78, 5) is 20.8. The molecule has 0 aliphatic heterocycles. The lowest BCUT2D eigenvalue weighted by Crippen LogP contribution is -2.00. The van der Waals surface area contributed by atoms with E-state index in [4.69, 9.17) is 21.1 Å². The normalized spacial score (nSPS) is 10.9. The highest BCUT2D eigenvalue weighted by Crippen LogP contribution is 2.38. The Bertz CT molecular complexity index is 1280. The van der Waals surface area contributed by atoms with Crippen molar-refractivity contribution in [3.63, 3.8) is 0 Å². The van der Waals surface area contributed by atoms with Crippen molar-refractivity contribution in [3.05, 3.63) is 103 Å². The summed E-state index contributed by atoms with van der Waals surface area (Å²) in [5.74, 6) is 0.553. The van der Waals surface area contributed by atoms with Gasteiger partial charge in [0.25, 0.3) is 11.4 Å². The summed E-state index contributed by atoms with van der Waals surface area (Å²) in [6.45, 7) is 0.0270. The molecular formula is C23H16ClN3O6. The van der Waals surface area contributed by atoms with Crippen LogP contribution in [0.25, 0.3) is 11.6 Å². The predicted molar refractivity (Wildman–Crippen MR) is 122 cm³/mol. The molecule has 0 N–H and O–H groups in total. The average Bonchev–Trinajstić information content (AvgIpc) is 2.81. The molecule has 0 aliphatic carbocycles. The molecule has 10 heteroatoms. The van der Waals surface area contributed by atoms with Gasteiger partial charge in [-0.25, -0.2) is 0 Å². The van der Waals surface area contributed by atoms with Gasteiger partial charge in [0.15, 0.2) is 11.5 Å². The van der Waals surface area contributed by atoms with Crippen LogP contribution in [0.3, 0.4) is 0 Å². The van der Waals surface area contributed by atoms with Gasteiger partial charge in [-0.3, -0.25) is 20.2 Å². The first-order valence-corrected chi connectivity index (χ1v) is 9.80. The SMILES string of the molecule is COc1cc(/C=C(/C#N)c2ccc([N+](=O)[O-])cc2)cc(Cl)c1OCc1cccc([N+](=O)[O-])c1. The highest BCUT2D eigenvalue weighted by atomic mass is 35.5. The number of nitro groups is 2. The van der Waals surface area contributed by atoms with E-state index in [-0.39, 0.29) is 34.3 Å². The van der Waals surface area contributed by atoms with Gasteiger partial charge in [-0.1, -0.05) is 23.7 Å². The smallest absolute Gasteiger partial charge is 0.269 e. The van der Waals surface area contributed by atoms with Gasteiger partial charge < -0.3 is 9.47 Å². The Hall–Kier alpha value is -4.42. The van der Waals surface area contributed by atoms with Crippen LogP contribution in [0.2, 0.25) is 5.02 Å². The van der Waals surface area contributed by atoms with Gasteiger partial charge in [0.05, 0.1) is 33.6 Å². The topological polar surface area (TPSA) is 129 Å². The zero-order chi connectivity index (χ0) is 24.0. The Kier molecular flexibility index (Phi) is 7.23. The molecule has 9 nitrogen and oxygen atoms in total. The third-order valence-corrected chi connectivity index (χ3v) is 4.86. The van der Waals surface area contributed by atoms with Crippen LogP contribution in [-0.4, -0.2) is 17.0 Å². The molecule has 0 spiro atoms. The summed E-state index contributed by atoms with van der Waals surface area (Å²) in [6.07, 6.45) is 1.57. The quantitative estimate of drug-likeness (QED) is 0.177. The van der Waals surface area contributed by atoms with Gasteiger partial charge in [-0.2, -0.15) is 5.26 Å². The maximum Gasteiger partial charge on any atom is 0.269 e. The van der Waals surface area contributed by atoms with Crippen LogP contribution in [0.5, 0.6) is 11.5 Å². The zero-order valence-electron chi connectivity index (χ0n) is 17.2. The fourth-order valence-corrected chi connectivity index (χ4v) is 3.26. The first kappa shape index (κ1) is 23.2. The van der Waals surface area contributed by atoms with E-state index in [0.717, 1.165) is 0 Å². The van der Waals surface area contributed by atoms with Crippen LogP contribution in [0.4, 0.5) is 11.4 Å². The highest BCUT2D eigenvalue weighted by Gasteiger charge is 2.14. The highest BCUT2D eigenvalue weighted by molar-refractivity contribution is 6.32. The molecule has 0 radical (unpaired) electrons. The molecular weight excluding hydrogens is 450 g/mol. The maximum atomic E-state index is 10.9. The third kappa shape index (κ3) is 5.64. The van der Waals surface area contributed by atoms with Crippen LogP contribution < -0.4 is 9.47 Å². The standard InChI is InChI=1S/C23H16ClN3O6/c1-32-22-12-16(9-18(13-25)17-5-7-19(8-6-17)26(28)29)11-21(24)23(22)33-14-15-3-2-4-20(10-15)27(30)31/h2-12H,14H2,1H3/b18-9-. The molecule has 0 saturated heterocycles. The molecule has 0 fully saturated rings. The average molecular weight is 466 g/mol. The van der Waals surface area contributed by atoms with Gasteiger partial charge in [0, 0.05) is 24.3 Å². The molecule has 0 heterocycles. The molecule has 0 saturated carbocycles. The summed E-state index contributed by atoms with van der Waals surface area (Å²) in [6, 6.07) is 16.9. The Balaban J connectivity index is 1.87. The summed E-state index contributed by atoms with van der Waals surface area (Å²) in [5.41, 5.74) is 1.78. The number of halogens is 1. The van der Waals surface area contributed by atoms with E-state index in [1.54, 1.807) is 30.3 Å². The summed E-state index contributed by atoms with van der Waals surface area (Å²) >= 11 is 6.39. The molecule has 0 amide bonds. The molecule has 33 heavy (non-hydrogen) atoms. The van der Waals surface area contributed by atoms with Crippen molar-refractivity contribution >= 4 is 34.6 Å². The van der Waals surface area contributed by atoms with E-state index in [9.17, 15) is 25.5 Å². The van der Waals surface area contributed by atoms with Crippen molar-refractivity contribution in [1.82, 2.24) is 0 Å². The van der Waals surface area contributed by atoms with Gasteiger partial charge >= 0.3 is 0 Å². The second kappa shape index (κ2) is 10.3. The molecule has 0 unspecified atom stereocenters. The Morgan fingerprint density at radius 1 is 1.06 bits per heavy atom. The minimum absolute atomic E-state index is 0.0270. The number of nitrogens with zero attached hydrogens (tertiary/aromatic N) is 3. The fraction of sp³-hybridized carbons (Fsp3) is 0.0870. The Morgan fingerprint density at radius 2 is 1.76 bits per heavy atom. The van der Waals surface area contributed by atoms with Gasteiger partial charge in [-0.15, -0.1) is 0 Å². The van der Waals surface area contributed by atoms with Gasteiger partial charge in [0.2, 0.25) is 0 Å². The Morgan fingerprint density at radius 3 is 2.36 bits per heavy atom. The lowest BCUT2D eigenvalue weighted by molar-refractivity contribution is -0.385. The summed E-state index contributed by atoms with van der Waals surface area (Å²) in [7, 11) is 1.43. The number of nitriles is 1. The van der Waals surface area contributed by atoms with Crippen molar-refractivity contribution in [1.29, 1.82) is 5.26 Å². The largest absolute Gasteiger partial charge is 0.493 e. The number of non-ortho nitro benzene ring substituents is 2. The predicted octanol–water partition coefficient (Wildman–Crippen LogP) is 5.81. The van der Waals surface area contributed by atoms with E-state index in [0.29, 0.717) is 22.4 Å². The first-order chi connectivity index (χ1) is 15.8. The molecule has 3 rings (SSSR count). The number of rotatable bonds is 8. The second-order valence-corrected chi connectivity index (χ2v) is 7.13. The van der Waals surface area contributed by atoms with Crippen LogP contribution in [0, 0.1) is 31.6 Å². The molecule has 3 aromatic rings.